The van der Waals surface area contributed by atoms with E-state index in [-0.39, 0.29) is 6.04 Å². The minimum absolute atomic E-state index is 0.00880. The number of hydrogen-bond donors (Lipinski definition) is 1. The van der Waals surface area contributed by atoms with Crippen LogP contribution < -0.4 is 5.73 Å². The summed E-state index contributed by atoms with van der Waals surface area (Å²) in [4.78, 5) is 0. The van der Waals surface area contributed by atoms with Gasteiger partial charge in [-0.05, 0) is 43.0 Å². The van der Waals surface area contributed by atoms with E-state index in [9.17, 15) is 0 Å². The van der Waals surface area contributed by atoms with Crippen LogP contribution in [-0.2, 0) is 6.42 Å². The molecular weight excluding hydrogens is 242 g/mol. The summed E-state index contributed by atoms with van der Waals surface area (Å²) >= 11 is 6.13. The maximum absolute atomic E-state index is 6.29. The van der Waals surface area contributed by atoms with Gasteiger partial charge >= 0.3 is 0 Å². The van der Waals surface area contributed by atoms with Crippen molar-refractivity contribution in [2.75, 3.05) is 0 Å². The summed E-state index contributed by atoms with van der Waals surface area (Å²) in [6.07, 6.45) is 0.836. The van der Waals surface area contributed by atoms with E-state index in [2.05, 4.69) is 37.3 Å². The van der Waals surface area contributed by atoms with Gasteiger partial charge in [-0.15, -0.1) is 0 Å². The molecule has 94 valence electrons. The van der Waals surface area contributed by atoms with Crippen molar-refractivity contribution < 1.29 is 0 Å². The second kappa shape index (κ2) is 5.55. The number of rotatable bonds is 3. The Bertz CT molecular complexity index is 549. The molecule has 0 fully saturated rings. The van der Waals surface area contributed by atoms with Crippen molar-refractivity contribution in [3.63, 3.8) is 0 Å². The van der Waals surface area contributed by atoms with Crippen LogP contribution in [0.3, 0.4) is 0 Å². The van der Waals surface area contributed by atoms with E-state index in [0.29, 0.717) is 0 Å². The molecule has 1 nitrogen and oxygen atoms in total. The molecule has 0 saturated heterocycles. The summed E-state index contributed by atoms with van der Waals surface area (Å²) in [6.45, 7) is 4.12. The molecule has 0 saturated carbocycles. The molecule has 2 heteroatoms. The fourth-order valence-corrected chi connectivity index (χ4v) is 2.41. The van der Waals surface area contributed by atoms with Gasteiger partial charge in [0.25, 0.3) is 0 Å². The van der Waals surface area contributed by atoms with Gasteiger partial charge in [0.1, 0.15) is 0 Å². The molecule has 0 spiro atoms. The maximum atomic E-state index is 6.29. The van der Waals surface area contributed by atoms with E-state index in [1.165, 1.54) is 11.1 Å². The van der Waals surface area contributed by atoms with Gasteiger partial charge < -0.3 is 5.73 Å². The van der Waals surface area contributed by atoms with Crippen molar-refractivity contribution in [3.8, 4) is 0 Å². The summed E-state index contributed by atoms with van der Waals surface area (Å²) in [5.41, 5.74) is 11.0. The Kier molecular flexibility index (Phi) is 4.05. The van der Waals surface area contributed by atoms with Crippen molar-refractivity contribution in [1.29, 1.82) is 0 Å². The van der Waals surface area contributed by atoms with Gasteiger partial charge in [0.2, 0.25) is 0 Å². The molecule has 18 heavy (non-hydrogen) atoms. The molecule has 0 amide bonds. The van der Waals surface area contributed by atoms with E-state index in [1.54, 1.807) is 0 Å². The Morgan fingerprint density at radius 3 is 2.56 bits per heavy atom. The SMILES string of the molecule is Cc1cccc(CC(N)c2cccc(Cl)c2C)c1. The lowest BCUT2D eigenvalue weighted by Crippen LogP contribution is -2.14. The molecule has 0 aromatic heterocycles. The quantitative estimate of drug-likeness (QED) is 0.878. The molecule has 0 aliphatic heterocycles. The van der Waals surface area contributed by atoms with Crippen LogP contribution in [0.25, 0.3) is 0 Å². The van der Waals surface area contributed by atoms with Crippen LogP contribution in [0.4, 0.5) is 0 Å². The van der Waals surface area contributed by atoms with Gasteiger partial charge in [0, 0.05) is 11.1 Å². The smallest absolute Gasteiger partial charge is 0.0438 e. The van der Waals surface area contributed by atoms with Crippen LogP contribution in [-0.4, -0.2) is 0 Å². The molecule has 2 rings (SSSR count). The van der Waals surface area contributed by atoms with Gasteiger partial charge in [-0.2, -0.15) is 0 Å². The molecule has 1 unspecified atom stereocenters. The number of benzene rings is 2. The van der Waals surface area contributed by atoms with Crippen molar-refractivity contribution >= 4 is 11.6 Å². The molecule has 2 aromatic carbocycles. The second-order valence-corrected chi connectivity index (χ2v) is 5.16. The Morgan fingerprint density at radius 1 is 1.11 bits per heavy atom. The largest absolute Gasteiger partial charge is 0.324 e. The average molecular weight is 260 g/mol. The molecular formula is C16H18ClN. The second-order valence-electron chi connectivity index (χ2n) is 4.75. The van der Waals surface area contributed by atoms with E-state index in [0.717, 1.165) is 22.6 Å². The van der Waals surface area contributed by atoms with Crippen LogP contribution in [0.5, 0.6) is 0 Å². The van der Waals surface area contributed by atoms with Crippen LogP contribution in [0.1, 0.15) is 28.3 Å². The van der Waals surface area contributed by atoms with Gasteiger partial charge in [-0.25, -0.2) is 0 Å². The fourth-order valence-electron chi connectivity index (χ4n) is 2.23. The third-order valence-electron chi connectivity index (χ3n) is 3.25. The Balaban J connectivity index is 2.22. The standard InChI is InChI=1S/C16H18ClN/c1-11-5-3-6-13(9-11)10-16(18)14-7-4-8-15(17)12(14)2/h3-9,16H,10,18H2,1-2H3. The summed E-state index contributed by atoms with van der Waals surface area (Å²) < 4.78 is 0. The highest BCUT2D eigenvalue weighted by Crippen LogP contribution is 2.25. The van der Waals surface area contributed by atoms with E-state index < -0.39 is 0 Å². The van der Waals surface area contributed by atoms with Gasteiger partial charge in [0.15, 0.2) is 0 Å². The van der Waals surface area contributed by atoms with Crippen LogP contribution >= 0.6 is 11.6 Å². The van der Waals surface area contributed by atoms with Gasteiger partial charge in [-0.1, -0.05) is 53.6 Å². The first-order valence-corrected chi connectivity index (χ1v) is 6.52. The molecule has 0 aliphatic rings. The van der Waals surface area contributed by atoms with E-state index in [4.69, 9.17) is 17.3 Å². The van der Waals surface area contributed by atoms with Crippen LogP contribution in [0, 0.1) is 13.8 Å². The average Bonchev–Trinajstić information content (AvgIpc) is 2.32. The lowest BCUT2D eigenvalue weighted by molar-refractivity contribution is 0.716. The monoisotopic (exact) mass is 259 g/mol. The summed E-state index contributed by atoms with van der Waals surface area (Å²) in [5.74, 6) is 0. The fraction of sp³-hybridized carbons (Fsp3) is 0.250. The topological polar surface area (TPSA) is 26.0 Å². The number of halogens is 1. The molecule has 2 N–H and O–H groups in total. The molecule has 1 atom stereocenters. The lowest BCUT2D eigenvalue weighted by Gasteiger charge is -2.16. The van der Waals surface area contributed by atoms with Crippen LogP contribution in [0.2, 0.25) is 5.02 Å². The third kappa shape index (κ3) is 2.92. The van der Waals surface area contributed by atoms with Crippen molar-refractivity contribution in [2.45, 2.75) is 26.3 Å². The molecule has 0 heterocycles. The van der Waals surface area contributed by atoms with Gasteiger partial charge in [0.05, 0.1) is 0 Å². The number of hydrogen-bond acceptors (Lipinski definition) is 1. The minimum atomic E-state index is -0.00880. The summed E-state index contributed by atoms with van der Waals surface area (Å²) in [6, 6.07) is 14.4. The third-order valence-corrected chi connectivity index (χ3v) is 3.66. The Hall–Kier alpha value is -1.31. The number of nitrogens with two attached hydrogens (primary N) is 1. The molecule has 0 aliphatic carbocycles. The summed E-state index contributed by atoms with van der Waals surface area (Å²) in [7, 11) is 0. The zero-order chi connectivity index (χ0) is 13.1. The highest BCUT2D eigenvalue weighted by molar-refractivity contribution is 6.31. The first-order chi connectivity index (χ1) is 8.58. The lowest BCUT2D eigenvalue weighted by atomic mass is 9.95. The normalized spacial score (nSPS) is 12.4. The molecule has 2 aromatic rings. The first-order valence-electron chi connectivity index (χ1n) is 6.14. The van der Waals surface area contributed by atoms with Crippen molar-refractivity contribution in [3.05, 3.63) is 69.7 Å². The van der Waals surface area contributed by atoms with Gasteiger partial charge in [-0.3, -0.25) is 0 Å². The highest BCUT2D eigenvalue weighted by atomic mass is 35.5. The predicted octanol–water partition coefficient (Wildman–Crippen LogP) is 4.20. The molecule has 0 radical (unpaired) electrons. The zero-order valence-electron chi connectivity index (χ0n) is 10.8. The Morgan fingerprint density at radius 2 is 1.83 bits per heavy atom. The highest BCUT2D eigenvalue weighted by Gasteiger charge is 2.11. The number of aryl methyl sites for hydroxylation is 1. The summed E-state index contributed by atoms with van der Waals surface area (Å²) in [5, 5.41) is 0.784. The van der Waals surface area contributed by atoms with Crippen molar-refractivity contribution in [2.24, 2.45) is 5.73 Å². The Labute approximate surface area is 114 Å². The first kappa shape index (κ1) is 13.1. The predicted molar refractivity (Wildman–Crippen MR) is 78.0 cm³/mol. The minimum Gasteiger partial charge on any atom is -0.324 e. The van der Waals surface area contributed by atoms with Crippen LogP contribution in [0.15, 0.2) is 42.5 Å². The molecule has 0 bridgehead atoms. The van der Waals surface area contributed by atoms with E-state index in [1.807, 2.05) is 19.1 Å². The van der Waals surface area contributed by atoms with E-state index >= 15 is 0 Å². The zero-order valence-corrected chi connectivity index (χ0v) is 11.5. The maximum Gasteiger partial charge on any atom is 0.0438 e. The van der Waals surface area contributed by atoms with Crippen molar-refractivity contribution in [1.82, 2.24) is 0 Å².